The van der Waals surface area contributed by atoms with Crippen LogP contribution in [0.1, 0.15) is 5.56 Å². The maximum absolute atomic E-state index is 13.2. The Balaban J connectivity index is 0.00000324. The van der Waals surface area contributed by atoms with Crippen LogP contribution in [0.15, 0.2) is 88.1 Å². The van der Waals surface area contributed by atoms with Crippen molar-refractivity contribution >= 4 is 38.0 Å². The molecule has 1 heterocycles. The first-order chi connectivity index (χ1) is 15.6. The smallest absolute Gasteiger partial charge is 0.744 e. The average molecular weight is 494 g/mol. The second kappa shape index (κ2) is 9.80. The molecule has 1 aromatic heterocycles. The third kappa shape index (κ3) is 5.29. The van der Waals surface area contributed by atoms with Gasteiger partial charge in [0.05, 0.1) is 28.0 Å². The number of aromatic nitrogens is 1. The van der Waals surface area contributed by atoms with Gasteiger partial charge in [0.1, 0.15) is 21.5 Å². The molecule has 0 amide bonds. The summed E-state index contributed by atoms with van der Waals surface area (Å²) in [6.07, 6.45) is -3.32. The second-order valence-corrected chi connectivity index (χ2v) is 8.30. The quantitative estimate of drug-likeness (QED) is 0.202. The molecule has 0 fully saturated rings. The van der Waals surface area contributed by atoms with Gasteiger partial charge in [-0.3, -0.25) is 4.98 Å². The van der Waals surface area contributed by atoms with Crippen LogP contribution >= 0.6 is 0 Å². The van der Waals surface area contributed by atoms with Crippen LogP contribution in [0.4, 0.5) is 30.2 Å². The first-order valence-corrected chi connectivity index (χ1v) is 10.8. The van der Waals surface area contributed by atoms with Gasteiger partial charge in [-0.2, -0.15) is 13.2 Å². The van der Waals surface area contributed by atoms with Gasteiger partial charge in [-0.05, 0) is 24.3 Å². The Morgan fingerprint density at radius 3 is 2.18 bits per heavy atom. The van der Waals surface area contributed by atoms with E-state index < -0.39 is 26.8 Å². The van der Waals surface area contributed by atoms with Crippen LogP contribution in [0, 0.1) is 0 Å². The van der Waals surface area contributed by atoms with Gasteiger partial charge in [-0.15, -0.1) is 10.2 Å². The standard InChI is InChI=1S/C22H15F3N4O3S.Na/c23-22(24,25)17-8-4-3-7-16(17)18-10-9-13(12-27-18)28-29-19-11-20(33(30,31)32)14-5-1-2-6-15(14)21(19)26;/h1-12H,26H2,(H,30,31,32);/q;+1/p-1. The Bertz CT molecular complexity index is 1490. The third-order valence-corrected chi connectivity index (χ3v) is 5.70. The predicted octanol–water partition coefficient (Wildman–Crippen LogP) is 2.83. The Labute approximate surface area is 214 Å². The van der Waals surface area contributed by atoms with Gasteiger partial charge in [-0.25, -0.2) is 8.42 Å². The predicted molar refractivity (Wildman–Crippen MR) is 115 cm³/mol. The first-order valence-electron chi connectivity index (χ1n) is 9.37. The molecular formula is C22H14F3N4NaO3S. The summed E-state index contributed by atoms with van der Waals surface area (Å²) >= 11 is 0. The monoisotopic (exact) mass is 494 g/mol. The Hall–Kier alpha value is -2.83. The molecule has 3 aromatic carbocycles. The zero-order valence-electron chi connectivity index (χ0n) is 17.6. The third-order valence-electron chi connectivity index (χ3n) is 4.83. The number of nitrogen functional groups attached to an aromatic ring is 1. The van der Waals surface area contributed by atoms with Crippen LogP contribution in [-0.2, 0) is 16.3 Å². The Morgan fingerprint density at radius 1 is 0.912 bits per heavy atom. The van der Waals surface area contributed by atoms with Gasteiger partial charge in [0, 0.05) is 16.3 Å². The van der Waals surface area contributed by atoms with Gasteiger partial charge in [0.25, 0.3) is 0 Å². The second-order valence-electron chi connectivity index (χ2n) is 6.95. The van der Waals surface area contributed by atoms with E-state index in [-0.39, 0.29) is 63.3 Å². The molecule has 0 aliphatic heterocycles. The van der Waals surface area contributed by atoms with Crippen molar-refractivity contribution in [1.29, 1.82) is 0 Å². The number of anilines is 1. The number of rotatable bonds is 4. The minimum Gasteiger partial charge on any atom is -0.744 e. The van der Waals surface area contributed by atoms with E-state index in [0.717, 1.165) is 12.1 Å². The molecule has 0 spiro atoms. The van der Waals surface area contributed by atoms with Crippen molar-refractivity contribution in [2.24, 2.45) is 10.2 Å². The molecule has 168 valence electrons. The van der Waals surface area contributed by atoms with E-state index in [0.29, 0.717) is 5.39 Å². The maximum atomic E-state index is 13.2. The molecule has 0 radical (unpaired) electrons. The molecule has 0 bridgehead atoms. The summed E-state index contributed by atoms with van der Waals surface area (Å²) in [6, 6.07) is 15.0. The van der Waals surface area contributed by atoms with Gasteiger partial charge in [-0.1, -0.05) is 42.5 Å². The van der Waals surface area contributed by atoms with E-state index in [4.69, 9.17) is 5.73 Å². The molecule has 4 rings (SSSR count). The fourth-order valence-corrected chi connectivity index (χ4v) is 4.01. The average Bonchev–Trinajstić information content (AvgIpc) is 2.78. The molecule has 12 heteroatoms. The number of fused-ring (bicyclic) bond motifs is 1. The topological polar surface area (TPSA) is 121 Å². The summed E-state index contributed by atoms with van der Waals surface area (Å²) in [5, 5.41) is 8.36. The molecule has 4 aromatic rings. The largest absolute Gasteiger partial charge is 1.00 e. The zero-order valence-corrected chi connectivity index (χ0v) is 20.4. The minimum atomic E-state index is -4.82. The van der Waals surface area contributed by atoms with Crippen LogP contribution < -0.4 is 35.3 Å². The van der Waals surface area contributed by atoms with Crippen molar-refractivity contribution in [2.45, 2.75) is 11.1 Å². The van der Waals surface area contributed by atoms with E-state index in [1.165, 1.54) is 42.6 Å². The van der Waals surface area contributed by atoms with Gasteiger partial charge < -0.3 is 10.3 Å². The van der Waals surface area contributed by atoms with E-state index >= 15 is 0 Å². The van der Waals surface area contributed by atoms with Crippen LogP contribution in [0.3, 0.4) is 0 Å². The number of azo groups is 1. The SMILES string of the molecule is Nc1c(N=Nc2ccc(-c3ccccc3C(F)(F)F)nc2)cc(S(=O)(=O)[O-])c2ccccc12.[Na+]. The van der Waals surface area contributed by atoms with E-state index in [1.54, 1.807) is 18.2 Å². The number of hydrogen-bond acceptors (Lipinski definition) is 7. The van der Waals surface area contributed by atoms with E-state index in [1.807, 2.05) is 0 Å². The molecule has 0 saturated heterocycles. The molecular weight excluding hydrogens is 480 g/mol. The van der Waals surface area contributed by atoms with Crippen molar-refractivity contribution in [1.82, 2.24) is 4.98 Å². The van der Waals surface area contributed by atoms with Crippen LogP contribution in [0.2, 0.25) is 0 Å². The number of benzene rings is 3. The molecule has 34 heavy (non-hydrogen) atoms. The number of halogens is 3. The van der Waals surface area contributed by atoms with Gasteiger partial charge in [0.15, 0.2) is 0 Å². The molecule has 7 nitrogen and oxygen atoms in total. The molecule has 2 N–H and O–H groups in total. The van der Waals surface area contributed by atoms with Crippen LogP contribution in [0.25, 0.3) is 22.0 Å². The fourth-order valence-electron chi connectivity index (χ4n) is 3.31. The molecule has 0 saturated carbocycles. The molecule has 0 aliphatic rings. The molecule has 0 aliphatic carbocycles. The van der Waals surface area contributed by atoms with Crippen LogP contribution in [0.5, 0.6) is 0 Å². The maximum Gasteiger partial charge on any atom is 1.00 e. The normalized spacial score (nSPS) is 12.1. The van der Waals surface area contributed by atoms with Crippen molar-refractivity contribution in [2.75, 3.05) is 5.73 Å². The summed E-state index contributed by atoms with van der Waals surface area (Å²) < 4.78 is 74.8. The summed E-state index contributed by atoms with van der Waals surface area (Å²) in [5.41, 5.74) is 5.52. The number of pyridine rings is 1. The summed E-state index contributed by atoms with van der Waals surface area (Å²) in [6.45, 7) is 0. The molecule has 0 atom stereocenters. The van der Waals surface area contributed by atoms with Crippen molar-refractivity contribution in [3.05, 3.63) is 78.5 Å². The molecule has 0 unspecified atom stereocenters. The summed E-state index contributed by atoms with van der Waals surface area (Å²) in [4.78, 5) is 3.55. The summed E-state index contributed by atoms with van der Waals surface area (Å²) in [7, 11) is -4.82. The Kier molecular flexibility index (Phi) is 7.44. The number of alkyl halides is 3. The minimum absolute atomic E-state index is 0. The zero-order chi connectivity index (χ0) is 23.8. The number of hydrogen-bond donors (Lipinski definition) is 1. The number of nitrogens with two attached hydrogens (primary N) is 1. The summed E-state index contributed by atoms with van der Waals surface area (Å²) in [5.74, 6) is 0. The van der Waals surface area contributed by atoms with E-state index in [2.05, 4.69) is 15.2 Å². The Morgan fingerprint density at radius 2 is 1.56 bits per heavy atom. The van der Waals surface area contributed by atoms with Crippen molar-refractivity contribution in [3.63, 3.8) is 0 Å². The van der Waals surface area contributed by atoms with E-state index in [9.17, 15) is 26.1 Å². The van der Waals surface area contributed by atoms with Crippen LogP contribution in [-0.4, -0.2) is 18.0 Å². The van der Waals surface area contributed by atoms with Crippen molar-refractivity contribution < 1.29 is 55.7 Å². The first kappa shape index (κ1) is 25.8. The number of nitrogens with zero attached hydrogens (tertiary/aromatic N) is 3. The van der Waals surface area contributed by atoms with Gasteiger partial charge >= 0.3 is 35.7 Å². The van der Waals surface area contributed by atoms with Gasteiger partial charge in [0.2, 0.25) is 0 Å². The van der Waals surface area contributed by atoms with Crippen molar-refractivity contribution in [3.8, 4) is 11.3 Å². The fraction of sp³-hybridized carbons (Fsp3) is 0.0455.